The number of halogens is 3. The second-order valence-corrected chi connectivity index (χ2v) is 7.37. The largest absolute Gasteiger partial charge is 0.469 e. The molecule has 0 saturated carbocycles. The number of alkyl halides is 3. The van der Waals surface area contributed by atoms with Gasteiger partial charge in [0, 0.05) is 12.5 Å². The van der Waals surface area contributed by atoms with Crippen molar-refractivity contribution in [3.05, 3.63) is 59.7 Å². The van der Waals surface area contributed by atoms with E-state index in [1.807, 2.05) is 48.5 Å². The quantitative estimate of drug-likeness (QED) is 0.466. The van der Waals surface area contributed by atoms with Gasteiger partial charge in [0.05, 0.1) is 7.11 Å². The van der Waals surface area contributed by atoms with Crippen LogP contribution in [0.5, 0.6) is 0 Å². The van der Waals surface area contributed by atoms with Crippen LogP contribution in [0.25, 0.3) is 11.1 Å². The summed E-state index contributed by atoms with van der Waals surface area (Å²) in [6.07, 6.45) is -5.26. The third-order valence-corrected chi connectivity index (χ3v) is 5.41. The molecular weight excluding hydrogens is 411 g/mol. The molecule has 0 radical (unpaired) electrons. The number of alkyl carbamates (subject to hydrolysis) is 1. The molecule has 2 aromatic rings. The molecule has 0 aromatic heterocycles. The average Bonchev–Trinajstić information content (AvgIpc) is 3.07. The monoisotopic (exact) mass is 435 g/mol. The number of methoxy groups -OCH3 is 1. The Bertz CT molecular complexity index is 884. The summed E-state index contributed by atoms with van der Waals surface area (Å²) in [5.41, 5.74) is 4.43. The smallest absolute Gasteiger partial charge is 0.407 e. The normalized spacial score (nSPS) is 13.8. The predicted molar refractivity (Wildman–Crippen MR) is 108 cm³/mol. The van der Waals surface area contributed by atoms with Gasteiger partial charge in [-0.2, -0.15) is 13.2 Å². The van der Waals surface area contributed by atoms with Crippen molar-refractivity contribution in [2.45, 2.75) is 31.4 Å². The molecule has 0 heterocycles. The van der Waals surface area contributed by atoms with E-state index in [0.29, 0.717) is 0 Å². The second-order valence-electron chi connectivity index (χ2n) is 7.37. The number of hydrogen-bond acceptors (Lipinski definition) is 4. The highest BCUT2D eigenvalue weighted by Crippen LogP contribution is 2.44. The maximum absolute atomic E-state index is 12.9. The summed E-state index contributed by atoms with van der Waals surface area (Å²) in [7, 11) is 0.930. The van der Waals surface area contributed by atoms with E-state index in [2.05, 4.69) is 10.1 Å². The molecule has 0 spiro atoms. The predicted octanol–water partition coefficient (Wildman–Crippen LogP) is 5.05. The van der Waals surface area contributed by atoms with Crippen LogP contribution in [0.4, 0.5) is 18.0 Å². The minimum absolute atomic E-state index is 0.0641. The highest BCUT2D eigenvalue weighted by Gasteiger charge is 2.45. The van der Waals surface area contributed by atoms with Gasteiger partial charge in [0.2, 0.25) is 0 Å². The van der Waals surface area contributed by atoms with Crippen LogP contribution in [-0.4, -0.2) is 38.5 Å². The lowest BCUT2D eigenvalue weighted by molar-refractivity contribution is -0.197. The Kier molecular flexibility index (Phi) is 7.20. The minimum atomic E-state index is -4.65. The highest BCUT2D eigenvalue weighted by molar-refractivity contribution is 5.79. The van der Waals surface area contributed by atoms with Gasteiger partial charge in [0.25, 0.3) is 0 Å². The molecule has 3 rings (SSSR count). The van der Waals surface area contributed by atoms with Crippen LogP contribution >= 0.6 is 0 Å². The summed E-state index contributed by atoms with van der Waals surface area (Å²) in [6.45, 7) is 0.320. The molecule has 1 amide bonds. The topological polar surface area (TPSA) is 64.6 Å². The van der Waals surface area contributed by atoms with Crippen molar-refractivity contribution in [3.63, 3.8) is 0 Å². The number of amides is 1. The zero-order valence-corrected chi connectivity index (χ0v) is 17.1. The maximum Gasteiger partial charge on any atom is 0.407 e. The molecule has 1 atom stereocenters. The Hall–Kier alpha value is -3.03. The molecule has 0 fully saturated rings. The van der Waals surface area contributed by atoms with E-state index in [9.17, 15) is 22.8 Å². The summed E-state index contributed by atoms with van der Waals surface area (Å²) >= 11 is 0. The maximum atomic E-state index is 12.9. The Labute approximate surface area is 178 Å². The molecule has 2 aromatic carbocycles. The van der Waals surface area contributed by atoms with Crippen molar-refractivity contribution in [2.24, 2.45) is 5.92 Å². The number of rotatable bonds is 8. The van der Waals surface area contributed by atoms with Crippen LogP contribution in [0.1, 0.15) is 36.3 Å². The van der Waals surface area contributed by atoms with Crippen LogP contribution < -0.4 is 5.32 Å². The fourth-order valence-electron chi connectivity index (χ4n) is 3.87. The molecular formula is C23H24F3NO4. The Morgan fingerprint density at radius 1 is 1.00 bits per heavy atom. The van der Waals surface area contributed by atoms with E-state index in [1.165, 1.54) is 0 Å². The molecule has 1 aliphatic rings. The molecule has 0 bridgehead atoms. The van der Waals surface area contributed by atoms with E-state index in [1.54, 1.807) is 0 Å². The number of carbonyl (C=O) groups is 2. The Balaban J connectivity index is 1.45. The summed E-state index contributed by atoms with van der Waals surface area (Å²) < 4.78 is 48.2. The van der Waals surface area contributed by atoms with Crippen LogP contribution in [0.15, 0.2) is 48.5 Å². The summed E-state index contributed by atoms with van der Waals surface area (Å²) in [5, 5.41) is 2.55. The molecule has 8 heteroatoms. The molecule has 166 valence electrons. The van der Waals surface area contributed by atoms with Gasteiger partial charge < -0.3 is 14.8 Å². The molecule has 31 heavy (non-hydrogen) atoms. The first-order valence-electron chi connectivity index (χ1n) is 10.1. The molecule has 1 N–H and O–H groups in total. The summed E-state index contributed by atoms with van der Waals surface area (Å²) in [6, 6.07) is 15.9. The van der Waals surface area contributed by atoms with Gasteiger partial charge in [-0.1, -0.05) is 55.0 Å². The number of fused-ring (bicyclic) bond motifs is 3. The van der Waals surface area contributed by atoms with E-state index in [4.69, 9.17) is 4.74 Å². The summed E-state index contributed by atoms with van der Waals surface area (Å²) in [4.78, 5) is 23.3. The fourth-order valence-corrected chi connectivity index (χ4v) is 3.87. The highest BCUT2D eigenvalue weighted by atomic mass is 19.4. The average molecular weight is 435 g/mol. The van der Waals surface area contributed by atoms with Gasteiger partial charge in [0.15, 0.2) is 5.92 Å². The fraction of sp³-hybridized carbons (Fsp3) is 0.391. The van der Waals surface area contributed by atoms with Crippen molar-refractivity contribution < 1.29 is 32.2 Å². The number of esters is 1. The molecule has 5 nitrogen and oxygen atoms in total. The Morgan fingerprint density at radius 3 is 2.13 bits per heavy atom. The van der Waals surface area contributed by atoms with E-state index < -0.39 is 24.2 Å². The lowest BCUT2D eigenvalue weighted by Gasteiger charge is -2.17. The molecule has 0 saturated heterocycles. The van der Waals surface area contributed by atoms with Gasteiger partial charge in [-0.05, 0) is 35.1 Å². The first-order valence-corrected chi connectivity index (χ1v) is 10.1. The van der Waals surface area contributed by atoms with Crippen LogP contribution in [0.2, 0.25) is 0 Å². The molecule has 1 aliphatic carbocycles. The first kappa shape index (κ1) is 22.7. The van der Waals surface area contributed by atoms with Crippen molar-refractivity contribution in [1.29, 1.82) is 0 Å². The SMILES string of the molecule is COC(=O)C(CCCCNC(=O)OCC1c2ccccc2-c2ccccc21)C(F)(F)F. The number of nitrogens with one attached hydrogen (secondary N) is 1. The lowest BCUT2D eigenvalue weighted by atomic mass is 9.98. The second kappa shape index (κ2) is 9.85. The third kappa shape index (κ3) is 5.37. The van der Waals surface area contributed by atoms with Gasteiger partial charge in [-0.25, -0.2) is 4.79 Å². The number of carbonyl (C=O) groups excluding carboxylic acids is 2. The lowest BCUT2D eigenvalue weighted by Crippen LogP contribution is -2.32. The standard InChI is InChI=1S/C23H24F3NO4/c1-30-21(28)20(23(24,25)26)12-6-7-13-27-22(29)31-14-19-17-10-4-2-8-15(17)16-9-3-5-11-18(16)19/h2-5,8-11,19-20H,6-7,12-14H2,1H3,(H,27,29). The minimum Gasteiger partial charge on any atom is -0.469 e. The zero-order chi connectivity index (χ0) is 22.4. The van der Waals surface area contributed by atoms with E-state index in [0.717, 1.165) is 29.4 Å². The third-order valence-electron chi connectivity index (χ3n) is 5.41. The Morgan fingerprint density at radius 2 is 1.58 bits per heavy atom. The van der Waals surface area contributed by atoms with E-state index >= 15 is 0 Å². The molecule has 1 unspecified atom stereocenters. The zero-order valence-electron chi connectivity index (χ0n) is 17.1. The number of ether oxygens (including phenoxy) is 2. The van der Waals surface area contributed by atoms with Crippen molar-refractivity contribution in [3.8, 4) is 11.1 Å². The number of unbranched alkanes of at least 4 members (excludes halogenated alkanes) is 1. The number of hydrogen-bond donors (Lipinski definition) is 1. The van der Waals surface area contributed by atoms with Crippen molar-refractivity contribution in [1.82, 2.24) is 5.32 Å². The first-order chi connectivity index (χ1) is 14.8. The van der Waals surface area contributed by atoms with E-state index in [-0.39, 0.29) is 38.3 Å². The van der Waals surface area contributed by atoms with Gasteiger partial charge in [-0.3, -0.25) is 4.79 Å². The van der Waals surface area contributed by atoms with Crippen LogP contribution in [-0.2, 0) is 14.3 Å². The molecule has 0 aliphatic heterocycles. The number of benzene rings is 2. The van der Waals surface area contributed by atoms with Gasteiger partial charge in [0.1, 0.15) is 6.61 Å². The van der Waals surface area contributed by atoms with Crippen LogP contribution in [0, 0.1) is 5.92 Å². The van der Waals surface area contributed by atoms with Crippen molar-refractivity contribution >= 4 is 12.1 Å². The van der Waals surface area contributed by atoms with Crippen molar-refractivity contribution in [2.75, 3.05) is 20.3 Å². The van der Waals surface area contributed by atoms with Gasteiger partial charge in [-0.15, -0.1) is 0 Å². The summed E-state index contributed by atoms with van der Waals surface area (Å²) in [5.74, 6) is -3.50. The van der Waals surface area contributed by atoms with Gasteiger partial charge >= 0.3 is 18.2 Å². The van der Waals surface area contributed by atoms with Crippen LogP contribution in [0.3, 0.4) is 0 Å².